The van der Waals surface area contributed by atoms with E-state index in [2.05, 4.69) is 5.32 Å². The molecule has 1 aliphatic rings. The van der Waals surface area contributed by atoms with Gasteiger partial charge in [0.2, 0.25) is 6.17 Å². The second-order valence-corrected chi connectivity index (χ2v) is 8.55. The number of likely N-dealkylation sites (N-methyl/N-ethyl adjacent to an activating group) is 1. The molecule has 0 aliphatic carbocycles. The fraction of sp³-hybridized carbons (Fsp3) is 0.125. The minimum Gasteiger partial charge on any atom is -0.333 e. The van der Waals surface area contributed by atoms with Crippen LogP contribution in [0.3, 0.4) is 0 Å². The lowest BCUT2D eigenvalue weighted by molar-refractivity contribution is -0.119. The normalized spacial score (nSPS) is 15.5. The van der Waals surface area contributed by atoms with Crippen LogP contribution >= 0.6 is 35.4 Å². The zero-order valence-electron chi connectivity index (χ0n) is 17.4. The summed E-state index contributed by atoms with van der Waals surface area (Å²) in [4.78, 5) is 21.5. The Kier molecular flexibility index (Phi) is 6.46. The van der Waals surface area contributed by atoms with Gasteiger partial charge < -0.3 is 15.1 Å². The molecule has 0 saturated heterocycles. The maximum absolute atomic E-state index is 13.3. The highest BCUT2D eigenvalue weighted by Crippen LogP contribution is 2.30. The molecule has 1 aliphatic heterocycles. The summed E-state index contributed by atoms with van der Waals surface area (Å²) in [5, 5.41) is 4.68. The van der Waals surface area contributed by atoms with Gasteiger partial charge in [-0.3, -0.25) is 4.79 Å². The number of fused-ring (bicyclic) bond motifs is 1. The summed E-state index contributed by atoms with van der Waals surface area (Å²) in [7, 11) is 3.54. The van der Waals surface area contributed by atoms with E-state index in [9.17, 15) is 4.79 Å². The molecule has 0 bridgehead atoms. The van der Waals surface area contributed by atoms with Crippen molar-refractivity contribution in [3.63, 3.8) is 0 Å². The van der Waals surface area contributed by atoms with Crippen molar-refractivity contribution in [3.05, 3.63) is 94.0 Å². The van der Waals surface area contributed by atoms with E-state index >= 15 is 0 Å². The number of halogens is 2. The van der Waals surface area contributed by atoms with E-state index in [0.717, 1.165) is 22.5 Å². The van der Waals surface area contributed by atoms with Crippen molar-refractivity contribution >= 4 is 63.5 Å². The first kappa shape index (κ1) is 22.3. The van der Waals surface area contributed by atoms with E-state index in [4.69, 9.17) is 40.4 Å². The number of thiocarbonyl (C=S) groups is 1. The highest BCUT2D eigenvalue weighted by Gasteiger charge is 2.31. The summed E-state index contributed by atoms with van der Waals surface area (Å²) in [5.41, 5.74) is 3.88. The Hall–Kier alpha value is -2.93. The number of rotatable bonds is 3. The molecule has 1 N–H and O–H groups in total. The quantitative estimate of drug-likeness (QED) is 0.524. The first-order valence-electron chi connectivity index (χ1n) is 9.85. The molecule has 1 amide bonds. The van der Waals surface area contributed by atoms with Gasteiger partial charge in [-0.15, -0.1) is 0 Å². The third-order valence-electron chi connectivity index (χ3n) is 5.22. The molecule has 3 aromatic rings. The molecule has 0 radical (unpaired) electrons. The van der Waals surface area contributed by atoms with Crippen LogP contribution in [0.15, 0.2) is 77.8 Å². The molecule has 5 nitrogen and oxygen atoms in total. The highest BCUT2D eigenvalue weighted by atomic mass is 35.5. The lowest BCUT2D eigenvalue weighted by Crippen LogP contribution is -2.49. The number of hydrogen-bond acceptors (Lipinski definition) is 3. The Morgan fingerprint density at radius 1 is 1.03 bits per heavy atom. The van der Waals surface area contributed by atoms with Crippen LogP contribution in [0.25, 0.3) is 0 Å². The third-order valence-corrected chi connectivity index (χ3v) is 6.10. The summed E-state index contributed by atoms with van der Waals surface area (Å²) in [6.07, 6.45) is -0.913. The number of hydrogen-bond donors (Lipinski definition) is 1. The summed E-state index contributed by atoms with van der Waals surface area (Å²) in [6.45, 7) is 0. The fourth-order valence-corrected chi connectivity index (χ4v) is 3.98. The highest BCUT2D eigenvalue weighted by molar-refractivity contribution is 7.80. The molecule has 0 fully saturated rings. The van der Waals surface area contributed by atoms with E-state index in [0.29, 0.717) is 20.9 Å². The van der Waals surface area contributed by atoms with Crippen molar-refractivity contribution in [3.8, 4) is 0 Å². The molecule has 162 valence electrons. The first-order valence-corrected chi connectivity index (χ1v) is 11.0. The van der Waals surface area contributed by atoms with Crippen LogP contribution in [0.1, 0.15) is 11.1 Å². The topological polar surface area (TPSA) is 47.9 Å². The van der Waals surface area contributed by atoms with Gasteiger partial charge in [0.15, 0.2) is 5.11 Å². The molecule has 4 rings (SSSR count). The minimum absolute atomic E-state index is 0.230. The van der Waals surface area contributed by atoms with Crippen molar-refractivity contribution in [2.45, 2.75) is 6.17 Å². The van der Waals surface area contributed by atoms with E-state index in [-0.39, 0.29) is 5.91 Å². The van der Waals surface area contributed by atoms with Gasteiger partial charge in [0, 0.05) is 41.0 Å². The van der Waals surface area contributed by atoms with Crippen molar-refractivity contribution in [1.82, 2.24) is 5.32 Å². The molecule has 1 unspecified atom stereocenters. The molecule has 0 spiro atoms. The number of carbonyl (C=O) groups excluding carboxylic acids is 1. The van der Waals surface area contributed by atoms with Crippen molar-refractivity contribution in [2.24, 2.45) is 4.99 Å². The molecule has 32 heavy (non-hydrogen) atoms. The monoisotopic (exact) mass is 482 g/mol. The number of amides is 1. The number of benzodiazepines with no additional fused rings is 1. The summed E-state index contributed by atoms with van der Waals surface area (Å²) in [6, 6.07) is 22.4. The van der Waals surface area contributed by atoms with Crippen LogP contribution in [0.2, 0.25) is 10.0 Å². The second-order valence-electron chi connectivity index (χ2n) is 7.29. The number of carbonyl (C=O) groups is 1. The molecule has 3 aromatic carbocycles. The zero-order chi connectivity index (χ0) is 22.8. The van der Waals surface area contributed by atoms with Gasteiger partial charge in [-0.2, -0.15) is 0 Å². The Labute approximate surface area is 202 Å². The largest absolute Gasteiger partial charge is 0.333 e. The number of nitrogens with zero attached hydrogens (tertiary/aromatic N) is 3. The van der Waals surface area contributed by atoms with Crippen molar-refractivity contribution in [2.75, 3.05) is 23.9 Å². The van der Waals surface area contributed by atoms with Gasteiger partial charge >= 0.3 is 0 Å². The van der Waals surface area contributed by atoms with Crippen LogP contribution in [0.5, 0.6) is 0 Å². The van der Waals surface area contributed by atoms with Gasteiger partial charge in [-0.1, -0.05) is 53.5 Å². The van der Waals surface area contributed by atoms with E-state index in [1.807, 2.05) is 61.6 Å². The minimum atomic E-state index is -0.913. The van der Waals surface area contributed by atoms with Crippen LogP contribution < -0.4 is 15.1 Å². The molecule has 8 heteroatoms. The van der Waals surface area contributed by atoms with Gasteiger partial charge in [0.1, 0.15) is 0 Å². The molecule has 0 aromatic heterocycles. The fourth-order valence-electron chi connectivity index (χ4n) is 3.46. The Balaban J connectivity index is 1.73. The lowest BCUT2D eigenvalue weighted by atomic mass is 10.0. The summed E-state index contributed by atoms with van der Waals surface area (Å²) >= 11 is 17.9. The standard InChI is InChI=1S/C24H20Cl2N4OS/c1-29(18-11-8-16(25)9-12-18)24(32)28-22-23(31)30(2)20-13-10-17(26)14-19(20)21(27-22)15-6-4-3-5-7-15/h3-14,22H,1-2H3,(H,28,32). The van der Waals surface area contributed by atoms with Gasteiger partial charge in [0.05, 0.1) is 11.4 Å². The lowest BCUT2D eigenvalue weighted by Gasteiger charge is -2.25. The zero-order valence-corrected chi connectivity index (χ0v) is 19.7. The van der Waals surface area contributed by atoms with E-state index < -0.39 is 6.17 Å². The van der Waals surface area contributed by atoms with Gasteiger partial charge in [-0.05, 0) is 54.7 Å². The molecule has 0 saturated carbocycles. The maximum atomic E-state index is 13.3. The van der Waals surface area contributed by atoms with E-state index in [1.54, 1.807) is 35.0 Å². The Bertz CT molecular complexity index is 1200. The van der Waals surface area contributed by atoms with Crippen LogP contribution in [-0.2, 0) is 4.79 Å². The average molecular weight is 483 g/mol. The molecule has 1 atom stereocenters. The Morgan fingerprint density at radius 3 is 2.38 bits per heavy atom. The van der Waals surface area contributed by atoms with Gasteiger partial charge in [0.25, 0.3) is 5.91 Å². The second kappa shape index (κ2) is 9.28. The SMILES string of the molecule is CN(C(=S)NC1N=C(c2ccccc2)c2cc(Cl)ccc2N(C)C1=O)c1ccc(Cl)cc1. The van der Waals surface area contributed by atoms with Crippen LogP contribution in [-0.4, -0.2) is 37.0 Å². The Morgan fingerprint density at radius 2 is 1.69 bits per heavy atom. The third kappa shape index (κ3) is 4.48. The summed E-state index contributed by atoms with van der Waals surface area (Å²) < 4.78 is 0. The molecular formula is C24H20Cl2N4OS. The predicted octanol–water partition coefficient (Wildman–Crippen LogP) is 5.14. The van der Waals surface area contributed by atoms with E-state index in [1.165, 1.54) is 0 Å². The van der Waals surface area contributed by atoms with Crippen LogP contribution in [0.4, 0.5) is 11.4 Å². The number of aliphatic imine (C=N–C) groups is 1. The average Bonchev–Trinajstić information content (AvgIpc) is 2.90. The number of benzene rings is 3. The smallest absolute Gasteiger partial charge is 0.272 e. The van der Waals surface area contributed by atoms with Crippen molar-refractivity contribution < 1.29 is 4.79 Å². The summed E-state index contributed by atoms with van der Waals surface area (Å²) in [5.74, 6) is -0.230. The molecule has 1 heterocycles. The predicted molar refractivity (Wildman–Crippen MR) is 136 cm³/mol. The van der Waals surface area contributed by atoms with Crippen LogP contribution in [0, 0.1) is 0 Å². The first-order chi connectivity index (χ1) is 15.3. The maximum Gasteiger partial charge on any atom is 0.272 e. The number of nitrogens with one attached hydrogen (secondary N) is 1. The number of anilines is 2. The molecular weight excluding hydrogens is 463 g/mol. The van der Waals surface area contributed by atoms with Crippen molar-refractivity contribution in [1.29, 1.82) is 0 Å². The van der Waals surface area contributed by atoms with Gasteiger partial charge in [-0.25, -0.2) is 4.99 Å².